The zero-order valence-electron chi connectivity index (χ0n) is 8.06. The molecule has 0 aromatic rings. The number of hydrogen-bond acceptors (Lipinski definition) is 2. The first-order valence-corrected chi connectivity index (χ1v) is 4.40. The van der Waals surface area contributed by atoms with Crippen molar-refractivity contribution in [1.29, 1.82) is 0 Å². The molecule has 0 aromatic carbocycles. The summed E-state index contributed by atoms with van der Waals surface area (Å²) in [4.78, 5) is 10.5. The van der Waals surface area contributed by atoms with Crippen molar-refractivity contribution >= 4 is 5.97 Å². The van der Waals surface area contributed by atoms with E-state index < -0.39 is 0 Å². The third-order valence-electron chi connectivity index (χ3n) is 1.29. The van der Waals surface area contributed by atoms with Crippen molar-refractivity contribution in [2.75, 3.05) is 6.61 Å². The van der Waals surface area contributed by atoms with Crippen LogP contribution < -0.4 is 0 Å². The van der Waals surface area contributed by atoms with E-state index in [1.807, 2.05) is 13.8 Å². The largest absolute Gasteiger partial charge is 0.466 e. The van der Waals surface area contributed by atoms with Crippen LogP contribution >= 0.6 is 0 Å². The zero-order chi connectivity index (χ0) is 9.40. The molecule has 1 saturated heterocycles. The summed E-state index contributed by atoms with van der Waals surface area (Å²) in [6.45, 7) is 8.14. The maximum atomic E-state index is 10.5. The van der Waals surface area contributed by atoms with Gasteiger partial charge in [0.15, 0.2) is 0 Å². The summed E-state index contributed by atoms with van der Waals surface area (Å²) in [7, 11) is 0. The van der Waals surface area contributed by atoms with Crippen LogP contribution in [0.25, 0.3) is 0 Å². The molecule has 0 saturated carbocycles. The van der Waals surface area contributed by atoms with E-state index in [-0.39, 0.29) is 5.97 Å². The van der Waals surface area contributed by atoms with Gasteiger partial charge in [-0.05, 0) is 33.1 Å². The lowest BCUT2D eigenvalue weighted by atomic mass is 10.2. The highest BCUT2D eigenvalue weighted by Crippen LogP contribution is 2.06. The molecule has 1 aliphatic rings. The molecule has 1 aliphatic heterocycles. The predicted molar refractivity (Wildman–Crippen MR) is 49.9 cm³/mol. The third-order valence-corrected chi connectivity index (χ3v) is 1.29. The quantitative estimate of drug-likeness (QED) is 0.412. The van der Waals surface area contributed by atoms with Gasteiger partial charge in [0.25, 0.3) is 0 Å². The van der Waals surface area contributed by atoms with E-state index in [1.54, 1.807) is 0 Å². The number of cyclic esters (lactones) is 1. The Morgan fingerprint density at radius 1 is 1.33 bits per heavy atom. The second-order valence-electron chi connectivity index (χ2n) is 3.24. The minimum atomic E-state index is -0.0255. The van der Waals surface area contributed by atoms with Gasteiger partial charge in [-0.1, -0.05) is 5.57 Å². The molecule has 0 aromatic heterocycles. The van der Waals surface area contributed by atoms with Crippen LogP contribution in [-0.2, 0) is 9.53 Å². The maximum Gasteiger partial charge on any atom is 0.305 e. The van der Waals surface area contributed by atoms with Crippen molar-refractivity contribution in [3.05, 3.63) is 12.2 Å². The first-order valence-electron chi connectivity index (χ1n) is 4.40. The Morgan fingerprint density at radius 3 is 2.50 bits per heavy atom. The smallest absolute Gasteiger partial charge is 0.305 e. The maximum absolute atomic E-state index is 10.5. The zero-order valence-corrected chi connectivity index (χ0v) is 8.06. The van der Waals surface area contributed by atoms with Crippen LogP contribution in [0.2, 0.25) is 0 Å². The fourth-order valence-corrected chi connectivity index (χ4v) is 0.806. The Kier molecular flexibility index (Phi) is 6.44. The molecule has 0 N–H and O–H groups in total. The third kappa shape index (κ3) is 9.21. The fourth-order valence-electron chi connectivity index (χ4n) is 0.806. The molecular formula is C10H18O2. The summed E-state index contributed by atoms with van der Waals surface area (Å²) in [6, 6.07) is 0. The van der Waals surface area contributed by atoms with Crippen molar-refractivity contribution in [1.82, 2.24) is 0 Å². The molecule has 2 nitrogen and oxygen atoms in total. The highest BCUT2D eigenvalue weighted by atomic mass is 16.5. The fraction of sp³-hybridized carbons (Fsp3) is 0.700. The molecule has 2 heteroatoms. The number of hydrogen-bond donors (Lipinski definition) is 0. The number of esters is 1. The van der Waals surface area contributed by atoms with E-state index >= 15 is 0 Å². The Labute approximate surface area is 74.6 Å². The van der Waals surface area contributed by atoms with Crippen LogP contribution in [0.3, 0.4) is 0 Å². The summed E-state index contributed by atoms with van der Waals surface area (Å²) in [5, 5.41) is 0. The molecule has 0 bridgehead atoms. The predicted octanol–water partition coefficient (Wildman–Crippen LogP) is 2.69. The van der Waals surface area contributed by atoms with Crippen LogP contribution in [0.4, 0.5) is 0 Å². The molecule has 12 heavy (non-hydrogen) atoms. The molecular weight excluding hydrogens is 152 g/mol. The topological polar surface area (TPSA) is 26.3 Å². The van der Waals surface area contributed by atoms with E-state index in [4.69, 9.17) is 4.74 Å². The van der Waals surface area contributed by atoms with E-state index in [0.717, 1.165) is 19.3 Å². The SMILES string of the molecule is C=C(C)C.O=C1CCCCCO1. The summed E-state index contributed by atoms with van der Waals surface area (Å²) >= 11 is 0. The van der Waals surface area contributed by atoms with E-state index in [0.29, 0.717) is 13.0 Å². The number of allylic oxidation sites excluding steroid dienone is 1. The molecule has 1 rings (SSSR count). The number of carbonyl (C=O) groups excluding carboxylic acids is 1. The van der Waals surface area contributed by atoms with Crippen LogP contribution in [0.5, 0.6) is 0 Å². The van der Waals surface area contributed by atoms with E-state index in [9.17, 15) is 4.79 Å². The average molecular weight is 170 g/mol. The van der Waals surface area contributed by atoms with Crippen molar-refractivity contribution in [2.24, 2.45) is 0 Å². The molecule has 0 aliphatic carbocycles. The first-order chi connectivity index (χ1) is 5.63. The minimum absolute atomic E-state index is 0.0255. The summed E-state index contributed by atoms with van der Waals surface area (Å²) < 4.78 is 4.76. The Hall–Kier alpha value is -0.790. The molecule has 0 atom stereocenters. The van der Waals surface area contributed by atoms with Gasteiger partial charge >= 0.3 is 5.97 Å². The average Bonchev–Trinajstić information content (AvgIpc) is 2.14. The van der Waals surface area contributed by atoms with Gasteiger partial charge in [0, 0.05) is 6.42 Å². The summed E-state index contributed by atoms with van der Waals surface area (Å²) in [6.07, 6.45) is 3.83. The van der Waals surface area contributed by atoms with Gasteiger partial charge in [-0.3, -0.25) is 4.79 Å². The van der Waals surface area contributed by atoms with Crippen LogP contribution in [0.1, 0.15) is 39.5 Å². The molecule has 1 fully saturated rings. The summed E-state index contributed by atoms with van der Waals surface area (Å²) in [5.74, 6) is -0.0255. The van der Waals surface area contributed by atoms with Gasteiger partial charge in [0.05, 0.1) is 6.61 Å². The highest BCUT2D eigenvalue weighted by Gasteiger charge is 2.05. The molecule has 0 unspecified atom stereocenters. The standard InChI is InChI=1S/C6H10O2.C4H8/c7-6-4-2-1-3-5-8-6;1-4(2)3/h1-5H2;1H2,2-3H3. The van der Waals surface area contributed by atoms with Crippen LogP contribution in [-0.4, -0.2) is 12.6 Å². The van der Waals surface area contributed by atoms with Gasteiger partial charge in [-0.2, -0.15) is 0 Å². The van der Waals surface area contributed by atoms with E-state index in [1.165, 1.54) is 5.57 Å². The summed E-state index contributed by atoms with van der Waals surface area (Å²) in [5.41, 5.74) is 1.17. The van der Waals surface area contributed by atoms with E-state index in [2.05, 4.69) is 6.58 Å². The molecule has 0 spiro atoms. The van der Waals surface area contributed by atoms with Crippen LogP contribution in [0, 0.1) is 0 Å². The van der Waals surface area contributed by atoms with Gasteiger partial charge < -0.3 is 4.74 Å². The normalized spacial score (nSPS) is 16.7. The van der Waals surface area contributed by atoms with Crippen molar-refractivity contribution in [2.45, 2.75) is 39.5 Å². The Bertz CT molecular complexity index is 136. The second kappa shape index (κ2) is 6.89. The lowest BCUT2D eigenvalue weighted by Gasteiger charge is -1.93. The van der Waals surface area contributed by atoms with Crippen LogP contribution in [0.15, 0.2) is 12.2 Å². The Morgan fingerprint density at radius 2 is 1.92 bits per heavy atom. The monoisotopic (exact) mass is 170 g/mol. The Balaban J connectivity index is 0.000000261. The van der Waals surface area contributed by atoms with Gasteiger partial charge in [-0.15, -0.1) is 6.58 Å². The van der Waals surface area contributed by atoms with Gasteiger partial charge in [0.2, 0.25) is 0 Å². The van der Waals surface area contributed by atoms with Crippen molar-refractivity contribution in [3.8, 4) is 0 Å². The van der Waals surface area contributed by atoms with Crippen molar-refractivity contribution in [3.63, 3.8) is 0 Å². The number of rotatable bonds is 0. The number of ether oxygens (including phenoxy) is 1. The highest BCUT2D eigenvalue weighted by molar-refractivity contribution is 5.69. The minimum Gasteiger partial charge on any atom is -0.466 e. The lowest BCUT2D eigenvalue weighted by molar-refractivity contribution is -0.142. The van der Waals surface area contributed by atoms with Crippen molar-refractivity contribution < 1.29 is 9.53 Å². The van der Waals surface area contributed by atoms with Gasteiger partial charge in [0.1, 0.15) is 0 Å². The first kappa shape index (κ1) is 11.2. The molecule has 0 radical (unpaired) electrons. The van der Waals surface area contributed by atoms with Gasteiger partial charge in [-0.25, -0.2) is 0 Å². The molecule has 70 valence electrons. The number of carbonyl (C=O) groups is 1. The second-order valence-corrected chi connectivity index (χ2v) is 3.24. The molecule has 0 amide bonds. The molecule has 1 heterocycles. The lowest BCUT2D eigenvalue weighted by Crippen LogP contribution is -2.00.